The SMILES string of the molecule is C[C@@H](c1ccccn1)N1CCC(NC(=O)OC(C)(C)C)CC1. The van der Waals surface area contributed by atoms with Crippen molar-refractivity contribution in [1.82, 2.24) is 15.2 Å². The summed E-state index contributed by atoms with van der Waals surface area (Å²) >= 11 is 0. The molecule has 0 unspecified atom stereocenters. The lowest BCUT2D eigenvalue weighted by Crippen LogP contribution is -2.46. The summed E-state index contributed by atoms with van der Waals surface area (Å²) < 4.78 is 5.31. The van der Waals surface area contributed by atoms with Crippen LogP contribution in [0.3, 0.4) is 0 Å². The number of aromatic nitrogens is 1. The van der Waals surface area contributed by atoms with Crippen molar-refractivity contribution in [2.45, 2.75) is 58.2 Å². The number of ether oxygens (including phenoxy) is 1. The van der Waals surface area contributed by atoms with Gasteiger partial charge >= 0.3 is 6.09 Å². The molecule has 0 radical (unpaired) electrons. The Hall–Kier alpha value is -1.62. The van der Waals surface area contributed by atoms with Crippen LogP contribution in [0.4, 0.5) is 4.79 Å². The Morgan fingerprint density at radius 1 is 1.36 bits per heavy atom. The molecule has 1 aliphatic rings. The zero-order valence-electron chi connectivity index (χ0n) is 14.0. The van der Waals surface area contributed by atoms with Crippen molar-refractivity contribution in [1.29, 1.82) is 0 Å². The zero-order valence-corrected chi connectivity index (χ0v) is 14.0. The maximum atomic E-state index is 11.8. The van der Waals surface area contributed by atoms with Crippen LogP contribution in [-0.4, -0.2) is 40.7 Å². The maximum absolute atomic E-state index is 11.8. The number of hydrogen-bond acceptors (Lipinski definition) is 4. The lowest BCUT2D eigenvalue weighted by Gasteiger charge is -2.36. The molecule has 22 heavy (non-hydrogen) atoms. The fourth-order valence-corrected chi connectivity index (χ4v) is 2.72. The van der Waals surface area contributed by atoms with Gasteiger partial charge in [-0.3, -0.25) is 9.88 Å². The standard InChI is InChI=1S/C17H27N3O2/c1-13(15-7-5-6-10-18-15)20-11-8-14(9-12-20)19-16(21)22-17(2,3)4/h5-7,10,13-14H,8-9,11-12H2,1-4H3,(H,19,21)/t13-/m0/s1. The third-order valence-corrected chi connectivity index (χ3v) is 3.91. The number of hydrogen-bond donors (Lipinski definition) is 1. The minimum absolute atomic E-state index is 0.196. The van der Waals surface area contributed by atoms with Gasteiger partial charge in [0.2, 0.25) is 0 Å². The van der Waals surface area contributed by atoms with Gasteiger partial charge in [-0.05, 0) is 52.7 Å². The number of carbonyl (C=O) groups excluding carboxylic acids is 1. The van der Waals surface area contributed by atoms with Crippen LogP contribution in [0, 0.1) is 0 Å². The largest absolute Gasteiger partial charge is 0.444 e. The van der Waals surface area contributed by atoms with Crippen LogP contribution in [0.1, 0.15) is 52.3 Å². The highest BCUT2D eigenvalue weighted by atomic mass is 16.6. The van der Waals surface area contributed by atoms with Crippen molar-refractivity contribution in [2.75, 3.05) is 13.1 Å². The Morgan fingerprint density at radius 2 is 2.05 bits per heavy atom. The van der Waals surface area contributed by atoms with Crippen LogP contribution in [0.2, 0.25) is 0 Å². The van der Waals surface area contributed by atoms with E-state index in [-0.39, 0.29) is 12.1 Å². The van der Waals surface area contributed by atoms with Crippen molar-refractivity contribution < 1.29 is 9.53 Å². The number of likely N-dealkylation sites (tertiary alicyclic amines) is 1. The van der Waals surface area contributed by atoms with E-state index >= 15 is 0 Å². The van der Waals surface area contributed by atoms with E-state index in [1.54, 1.807) is 0 Å². The average Bonchev–Trinajstić information content (AvgIpc) is 2.46. The molecule has 1 saturated heterocycles. The highest BCUT2D eigenvalue weighted by Gasteiger charge is 2.26. The van der Waals surface area contributed by atoms with Crippen molar-refractivity contribution in [3.05, 3.63) is 30.1 Å². The first-order valence-electron chi connectivity index (χ1n) is 7.99. The van der Waals surface area contributed by atoms with Crippen LogP contribution in [0.15, 0.2) is 24.4 Å². The van der Waals surface area contributed by atoms with Gasteiger partial charge < -0.3 is 10.1 Å². The van der Waals surface area contributed by atoms with Gasteiger partial charge in [0.1, 0.15) is 5.60 Å². The van der Waals surface area contributed by atoms with Crippen LogP contribution in [-0.2, 0) is 4.74 Å². The Balaban J connectivity index is 1.79. The molecule has 2 rings (SSSR count). The maximum Gasteiger partial charge on any atom is 0.407 e. The molecule has 0 aromatic carbocycles. The summed E-state index contributed by atoms with van der Waals surface area (Å²) in [6.45, 7) is 9.73. The second-order valence-corrected chi connectivity index (χ2v) is 6.89. The molecule has 0 saturated carbocycles. The first kappa shape index (κ1) is 16.7. The van der Waals surface area contributed by atoms with Gasteiger partial charge in [0, 0.05) is 31.4 Å². The fourth-order valence-electron chi connectivity index (χ4n) is 2.72. The number of piperidine rings is 1. The Kier molecular flexibility index (Phi) is 5.40. The topological polar surface area (TPSA) is 54.5 Å². The van der Waals surface area contributed by atoms with E-state index in [0.717, 1.165) is 31.6 Å². The number of amides is 1. The van der Waals surface area contributed by atoms with Gasteiger partial charge in [-0.1, -0.05) is 6.07 Å². The molecule has 5 nitrogen and oxygen atoms in total. The molecule has 1 aromatic rings. The predicted molar refractivity (Wildman–Crippen MR) is 86.6 cm³/mol. The van der Waals surface area contributed by atoms with E-state index in [0.29, 0.717) is 6.04 Å². The molecule has 1 fully saturated rings. The summed E-state index contributed by atoms with van der Waals surface area (Å²) in [5.41, 5.74) is 0.652. The molecule has 122 valence electrons. The first-order chi connectivity index (χ1) is 10.3. The van der Waals surface area contributed by atoms with E-state index in [4.69, 9.17) is 4.74 Å². The molecule has 0 aliphatic carbocycles. The second kappa shape index (κ2) is 7.09. The minimum Gasteiger partial charge on any atom is -0.444 e. The Bertz CT molecular complexity index is 476. The quantitative estimate of drug-likeness (QED) is 0.932. The van der Waals surface area contributed by atoms with Crippen molar-refractivity contribution in [3.63, 3.8) is 0 Å². The van der Waals surface area contributed by atoms with E-state index in [1.165, 1.54) is 0 Å². The molecule has 2 heterocycles. The van der Waals surface area contributed by atoms with Crippen molar-refractivity contribution >= 4 is 6.09 Å². The number of pyridine rings is 1. The monoisotopic (exact) mass is 305 g/mol. The number of carbonyl (C=O) groups is 1. The average molecular weight is 305 g/mol. The van der Waals surface area contributed by atoms with E-state index < -0.39 is 5.60 Å². The second-order valence-electron chi connectivity index (χ2n) is 6.89. The van der Waals surface area contributed by atoms with Crippen LogP contribution >= 0.6 is 0 Å². The summed E-state index contributed by atoms with van der Waals surface area (Å²) in [6, 6.07) is 6.53. The van der Waals surface area contributed by atoms with E-state index in [9.17, 15) is 4.79 Å². The molecular weight excluding hydrogens is 278 g/mol. The molecule has 5 heteroatoms. The predicted octanol–water partition coefficient (Wildman–Crippen LogP) is 3.13. The zero-order chi connectivity index (χ0) is 16.2. The number of alkyl carbamates (subject to hydrolysis) is 1. The van der Waals surface area contributed by atoms with Gasteiger partial charge in [0.05, 0.1) is 5.69 Å². The molecule has 1 atom stereocenters. The summed E-state index contributed by atoms with van der Waals surface area (Å²) in [5.74, 6) is 0. The minimum atomic E-state index is -0.446. The van der Waals surface area contributed by atoms with Gasteiger partial charge in [0.25, 0.3) is 0 Å². The smallest absolute Gasteiger partial charge is 0.407 e. The highest BCUT2D eigenvalue weighted by Crippen LogP contribution is 2.22. The Morgan fingerprint density at radius 3 is 2.59 bits per heavy atom. The molecular formula is C17H27N3O2. The van der Waals surface area contributed by atoms with Gasteiger partial charge in [0.15, 0.2) is 0 Å². The summed E-state index contributed by atoms with van der Waals surface area (Å²) in [7, 11) is 0. The lowest BCUT2D eigenvalue weighted by molar-refractivity contribution is 0.0469. The third kappa shape index (κ3) is 4.98. The van der Waals surface area contributed by atoms with E-state index in [1.807, 2.05) is 39.1 Å². The van der Waals surface area contributed by atoms with E-state index in [2.05, 4.69) is 28.2 Å². The van der Waals surface area contributed by atoms with Gasteiger partial charge in [-0.15, -0.1) is 0 Å². The van der Waals surface area contributed by atoms with Crippen LogP contribution in [0.5, 0.6) is 0 Å². The molecule has 1 aliphatic heterocycles. The molecule has 0 bridgehead atoms. The number of nitrogens with zero attached hydrogens (tertiary/aromatic N) is 2. The third-order valence-electron chi connectivity index (χ3n) is 3.91. The van der Waals surface area contributed by atoms with Gasteiger partial charge in [-0.25, -0.2) is 4.79 Å². The van der Waals surface area contributed by atoms with Crippen LogP contribution < -0.4 is 5.32 Å². The highest BCUT2D eigenvalue weighted by molar-refractivity contribution is 5.68. The summed E-state index contributed by atoms with van der Waals surface area (Å²) in [4.78, 5) is 18.6. The van der Waals surface area contributed by atoms with Gasteiger partial charge in [-0.2, -0.15) is 0 Å². The number of nitrogens with one attached hydrogen (secondary N) is 1. The fraction of sp³-hybridized carbons (Fsp3) is 0.647. The van der Waals surface area contributed by atoms with Crippen molar-refractivity contribution in [2.24, 2.45) is 0 Å². The number of rotatable bonds is 3. The molecule has 1 amide bonds. The van der Waals surface area contributed by atoms with Crippen molar-refractivity contribution in [3.8, 4) is 0 Å². The molecule has 0 spiro atoms. The lowest BCUT2D eigenvalue weighted by atomic mass is 10.0. The molecule has 1 aromatic heterocycles. The molecule has 1 N–H and O–H groups in total. The summed E-state index contributed by atoms with van der Waals surface area (Å²) in [6.07, 6.45) is 3.40. The van der Waals surface area contributed by atoms with Crippen LogP contribution in [0.25, 0.3) is 0 Å². The first-order valence-corrected chi connectivity index (χ1v) is 7.99. The summed E-state index contributed by atoms with van der Waals surface area (Å²) in [5, 5.41) is 2.97. The Labute approximate surface area is 133 Å². The normalized spacial score (nSPS) is 18.7.